The van der Waals surface area contributed by atoms with Crippen molar-refractivity contribution in [3.63, 3.8) is 0 Å². The molecule has 5 amide bonds. The van der Waals surface area contributed by atoms with E-state index >= 15 is 0 Å². The summed E-state index contributed by atoms with van der Waals surface area (Å²) in [6.07, 6.45) is 2.09. The molecule has 0 saturated carbocycles. The van der Waals surface area contributed by atoms with Crippen LogP contribution < -0.4 is 16.0 Å². The highest BCUT2D eigenvalue weighted by Crippen LogP contribution is 2.23. The van der Waals surface area contributed by atoms with Crippen molar-refractivity contribution in [2.24, 2.45) is 0 Å². The first-order valence-electron chi connectivity index (χ1n) is 9.62. The van der Waals surface area contributed by atoms with Crippen LogP contribution in [0.5, 0.6) is 0 Å². The largest absolute Gasteiger partial charge is 0.454 e. The van der Waals surface area contributed by atoms with Gasteiger partial charge in [0, 0.05) is 18.3 Å². The SMILES string of the molecule is CCCC[C@]1(C)NC(=O)N(CC(=O)OCC(=O)Nc2ccc(C(=O)NC)cc2)C1=O. The lowest BCUT2D eigenvalue weighted by molar-refractivity contribution is -0.150. The van der Waals surface area contributed by atoms with Gasteiger partial charge in [0.2, 0.25) is 0 Å². The summed E-state index contributed by atoms with van der Waals surface area (Å²) in [6, 6.07) is 5.49. The van der Waals surface area contributed by atoms with Gasteiger partial charge in [-0.3, -0.25) is 24.1 Å². The Kier molecular flexibility index (Phi) is 7.51. The van der Waals surface area contributed by atoms with Crippen LogP contribution in [0.2, 0.25) is 0 Å². The summed E-state index contributed by atoms with van der Waals surface area (Å²) >= 11 is 0. The molecular weight excluding hydrogens is 392 g/mol. The topological polar surface area (TPSA) is 134 Å². The summed E-state index contributed by atoms with van der Waals surface area (Å²) in [5, 5.41) is 7.61. The number of unbranched alkanes of at least 4 members (excludes halogenated alkanes) is 1. The number of carbonyl (C=O) groups is 5. The zero-order chi connectivity index (χ0) is 22.3. The van der Waals surface area contributed by atoms with Crippen molar-refractivity contribution in [3.8, 4) is 0 Å². The van der Waals surface area contributed by atoms with E-state index in [9.17, 15) is 24.0 Å². The number of nitrogens with zero attached hydrogens (tertiary/aromatic N) is 1. The Hall–Kier alpha value is -3.43. The van der Waals surface area contributed by atoms with Gasteiger partial charge in [-0.1, -0.05) is 19.8 Å². The van der Waals surface area contributed by atoms with E-state index < -0.39 is 42.5 Å². The Bertz CT molecular complexity index is 838. The third kappa shape index (κ3) is 5.56. The van der Waals surface area contributed by atoms with Crippen LogP contribution in [0.3, 0.4) is 0 Å². The molecule has 0 aromatic heterocycles. The van der Waals surface area contributed by atoms with Crippen LogP contribution in [-0.4, -0.2) is 60.4 Å². The Morgan fingerprint density at radius 2 is 1.83 bits per heavy atom. The number of imide groups is 1. The van der Waals surface area contributed by atoms with E-state index in [1.165, 1.54) is 31.3 Å². The van der Waals surface area contributed by atoms with Gasteiger partial charge in [-0.15, -0.1) is 0 Å². The standard InChI is InChI=1S/C20H26N4O6/c1-4-5-10-20(2)18(28)24(19(29)23-20)11-16(26)30-12-15(25)22-14-8-6-13(7-9-14)17(27)21-3/h6-9H,4-5,10-12H2,1-3H3,(H,21,27)(H,22,25)(H,23,29)/t20-/m0/s1. The molecule has 0 bridgehead atoms. The maximum Gasteiger partial charge on any atom is 0.326 e. The molecule has 1 fully saturated rings. The van der Waals surface area contributed by atoms with Crippen LogP contribution in [0, 0.1) is 0 Å². The quantitative estimate of drug-likeness (QED) is 0.405. The minimum absolute atomic E-state index is 0.256. The van der Waals surface area contributed by atoms with Crippen LogP contribution in [0.25, 0.3) is 0 Å². The van der Waals surface area contributed by atoms with Crippen LogP contribution in [-0.2, 0) is 19.1 Å². The number of urea groups is 1. The molecule has 1 aromatic carbocycles. The number of benzene rings is 1. The molecule has 2 rings (SSSR count). The van der Waals surface area contributed by atoms with E-state index in [0.29, 0.717) is 17.7 Å². The monoisotopic (exact) mass is 418 g/mol. The van der Waals surface area contributed by atoms with Gasteiger partial charge in [-0.2, -0.15) is 0 Å². The van der Waals surface area contributed by atoms with Crippen molar-refractivity contribution >= 4 is 35.4 Å². The van der Waals surface area contributed by atoms with Gasteiger partial charge in [0.15, 0.2) is 6.61 Å². The van der Waals surface area contributed by atoms with Gasteiger partial charge in [0.25, 0.3) is 17.7 Å². The molecule has 3 N–H and O–H groups in total. The fourth-order valence-electron chi connectivity index (χ4n) is 2.96. The maximum atomic E-state index is 12.5. The Morgan fingerprint density at radius 3 is 2.43 bits per heavy atom. The highest BCUT2D eigenvalue weighted by atomic mass is 16.5. The van der Waals surface area contributed by atoms with E-state index in [0.717, 1.165) is 17.7 Å². The molecule has 0 spiro atoms. The van der Waals surface area contributed by atoms with Crippen molar-refractivity contribution in [3.05, 3.63) is 29.8 Å². The van der Waals surface area contributed by atoms with E-state index in [-0.39, 0.29) is 5.91 Å². The zero-order valence-corrected chi connectivity index (χ0v) is 17.2. The summed E-state index contributed by atoms with van der Waals surface area (Å²) in [5.41, 5.74) is -0.183. The van der Waals surface area contributed by atoms with Gasteiger partial charge in [-0.05, 0) is 37.6 Å². The maximum absolute atomic E-state index is 12.5. The minimum Gasteiger partial charge on any atom is -0.454 e. The van der Waals surface area contributed by atoms with E-state index in [2.05, 4.69) is 16.0 Å². The first-order valence-corrected chi connectivity index (χ1v) is 9.62. The van der Waals surface area contributed by atoms with Gasteiger partial charge >= 0.3 is 12.0 Å². The Balaban J connectivity index is 1.82. The molecule has 1 atom stereocenters. The fourth-order valence-corrected chi connectivity index (χ4v) is 2.96. The minimum atomic E-state index is -1.04. The number of carbonyl (C=O) groups excluding carboxylic acids is 5. The van der Waals surface area contributed by atoms with Crippen LogP contribution >= 0.6 is 0 Å². The molecular formula is C20H26N4O6. The number of esters is 1. The van der Waals surface area contributed by atoms with Gasteiger partial charge < -0.3 is 20.7 Å². The lowest BCUT2D eigenvalue weighted by atomic mass is 9.95. The van der Waals surface area contributed by atoms with E-state index in [1.807, 2.05) is 6.92 Å². The van der Waals surface area contributed by atoms with Gasteiger partial charge in [0.05, 0.1) is 0 Å². The van der Waals surface area contributed by atoms with E-state index in [1.54, 1.807) is 6.92 Å². The number of amides is 5. The van der Waals surface area contributed by atoms with Crippen molar-refractivity contribution < 1.29 is 28.7 Å². The summed E-state index contributed by atoms with van der Waals surface area (Å²) in [7, 11) is 1.51. The third-order valence-electron chi connectivity index (χ3n) is 4.68. The third-order valence-corrected chi connectivity index (χ3v) is 4.68. The van der Waals surface area contributed by atoms with Crippen LogP contribution in [0.1, 0.15) is 43.5 Å². The zero-order valence-electron chi connectivity index (χ0n) is 17.2. The summed E-state index contributed by atoms with van der Waals surface area (Å²) in [4.78, 5) is 60.8. The molecule has 1 aliphatic heterocycles. The second kappa shape index (κ2) is 9.86. The average molecular weight is 418 g/mol. The second-order valence-corrected chi connectivity index (χ2v) is 7.12. The number of anilines is 1. The normalized spacial score (nSPS) is 18.0. The van der Waals surface area contributed by atoms with Crippen LogP contribution in [0.15, 0.2) is 24.3 Å². The predicted molar refractivity (Wildman–Crippen MR) is 108 cm³/mol. The number of nitrogens with one attached hydrogen (secondary N) is 3. The van der Waals surface area contributed by atoms with Crippen molar-refractivity contribution in [2.45, 2.75) is 38.6 Å². The predicted octanol–water partition coefficient (Wildman–Crippen LogP) is 1.03. The molecule has 30 heavy (non-hydrogen) atoms. The lowest BCUT2D eigenvalue weighted by Crippen LogP contribution is -2.44. The lowest BCUT2D eigenvalue weighted by Gasteiger charge is -2.21. The smallest absolute Gasteiger partial charge is 0.326 e. The molecule has 0 aliphatic carbocycles. The van der Waals surface area contributed by atoms with Crippen molar-refractivity contribution in [1.82, 2.24) is 15.5 Å². The highest BCUT2D eigenvalue weighted by molar-refractivity contribution is 6.08. The second-order valence-electron chi connectivity index (χ2n) is 7.12. The Morgan fingerprint density at radius 1 is 1.17 bits per heavy atom. The van der Waals surface area contributed by atoms with Crippen molar-refractivity contribution in [2.75, 3.05) is 25.5 Å². The van der Waals surface area contributed by atoms with E-state index in [4.69, 9.17) is 4.74 Å². The summed E-state index contributed by atoms with van der Waals surface area (Å²) in [5.74, 6) is -2.21. The van der Waals surface area contributed by atoms with Crippen LogP contribution in [0.4, 0.5) is 10.5 Å². The highest BCUT2D eigenvalue weighted by Gasteiger charge is 2.47. The molecule has 0 radical (unpaired) electrons. The molecule has 1 aliphatic rings. The van der Waals surface area contributed by atoms with Gasteiger partial charge in [-0.25, -0.2) is 4.79 Å². The average Bonchev–Trinajstić information content (AvgIpc) is 2.94. The molecule has 0 unspecified atom stereocenters. The molecule has 162 valence electrons. The number of rotatable bonds is 9. The molecule has 10 nitrogen and oxygen atoms in total. The molecule has 1 aromatic rings. The molecule has 1 heterocycles. The fraction of sp³-hybridized carbons (Fsp3) is 0.450. The Labute approximate surface area is 174 Å². The van der Waals surface area contributed by atoms with Crippen molar-refractivity contribution in [1.29, 1.82) is 0 Å². The molecule has 10 heteroatoms. The van der Waals surface area contributed by atoms with Gasteiger partial charge in [0.1, 0.15) is 12.1 Å². The first-order chi connectivity index (χ1) is 14.2. The number of ether oxygens (including phenoxy) is 1. The summed E-state index contributed by atoms with van der Waals surface area (Å²) < 4.78 is 4.87. The number of hydrogen-bond donors (Lipinski definition) is 3. The first kappa shape index (κ1) is 22.9. The number of hydrogen-bond acceptors (Lipinski definition) is 6. The molecule has 1 saturated heterocycles. The summed E-state index contributed by atoms with van der Waals surface area (Å²) in [6.45, 7) is 2.45.